The van der Waals surface area contributed by atoms with Gasteiger partial charge in [-0.25, -0.2) is 0 Å². The van der Waals surface area contributed by atoms with Gasteiger partial charge in [-0.05, 0) is 0 Å². The number of hydrogen-bond acceptors (Lipinski definition) is 6. The van der Waals surface area contributed by atoms with E-state index in [1.54, 1.807) is 0 Å². The quantitative estimate of drug-likeness (QED) is 0.118. The molecule has 0 spiro atoms. The summed E-state index contributed by atoms with van der Waals surface area (Å²) in [7, 11) is 0. The van der Waals surface area contributed by atoms with Crippen LogP contribution in [-0.4, -0.2) is 10.3 Å². The lowest BCUT2D eigenvalue weighted by Crippen LogP contribution is -2.02. The molecule has 0 amide bonds. The minimum atomic E-state index is -1.50. The number of hydrazine groups is 2. The molecule has 0 aromatic carbocycles. The van der Waals surface area contributed by atoms with E-state index in [0.29, 0.717) is 0 Å². The van der Waals surface area contributed by atoms with Crippen LogP contribution >= 0.6 is 0 Å². The van der Waals surface area contributed by atoms with Gasteiger partial charge in [0.25, 0.3) is 5.09 Å². The maximum absolute atomic E-state index is 8.36. The molecule has 10 heavy (non-hydrogen) atoms. The summed E-state index contributed by atoms with van der Waals surface area (Å²) >= 11 is 0. The van der Waals surface area contributed by atoms with Gasteiger partial charge in [0.05, 0.1) is 0 Å². The maximum Gasteiger partial charge on any atom is 0.291 e. The first-order valence-corrected chi connectivity index (χ1v) is 1.73. The Morgan fingerprint density at radius 3 is 1.20 bits per heavy atom. The molecule has 0 saturated carbocycles. The first-order chi connectivity index (χ1) is 4.73. The van der Waals surface area contributed by atoms with Crippen LogP contribution in [-0.2, 0) is 0 Å². The zero-order chi connectivity index (χ0) is 9.58. The molecule has 0 fully saturated rings. The molecule has 0 atom stereocenters. The first-order valence-electron chi connectivity index (χ1n) is 1.73. The van der Waals surface area contributed by atoms with Gasteiger partial charge >= 0.3 is 0 Å². The van der Waals surface area contributed by atoms with E-state index >= 15 is 0 Å². The van der Waals surface area contributed by atoms with Crippen LogP contribution in [0.3, 0.4) is 0 Å². The van der Waals surface area contributed by atoms with Crippen molar-refractivity contribution in [2.75, 3.05) is 0 Å². The van der Waals surface area contributed by atoms with Crippen molar-refractivity contribution in [3.8, 4) is 0 Å². The van der Waals surface area contributed by atoms with Crippen molar-refractivity contribution in [3.63, 3.8) is 0 Å². The SMILES string of the molecule is C=C.NN.NN.O=[N+]([O-])O. The van der Waals surface area contributed by atoms with Gasteiger partial charge in [-0.15, -0.1) is 23.3 Å². The van der Waals surface area contributed by atoms with Gasteiger partial charge < -0.3 is 5.21 Å². The van der Waals surface area contributed by atoms with E-state index in [2.05, 4.69) is 36.5 Å². The molecule has 0 unspecified atom stereocenters. The average molecular weight is 155 g/mol. The van der Waals surface area contributed by atoms with E-state index in [0.717, 1.165) is 0 Å². The third-order valence-corrected chi connectivity index (χ3v) is 0. The Morgan fingerprint density at radius 2 is 1.20 bits per heavy atom. The van der Waals surface area contributed by atoms with Crippen molar-refractivity contribution in [2.24, 2.45) is 23.4 Å². The van der Waals surface area contributed by atoms with Crippen LogP contribution in [0.25, 0.3) is 0 Å². The highest BCUT2D eigenvalue weighted by Gasteiger charge is 1.65. The van der Waals surface area contributed by atoms with Crippen LogP contribution in [0.2, 0.25) is 0 Å². The number of nitrogens with zero attached hydrogens (tertiary/aromatic N) is 1. The number of rotatable bonds is 0. The molecule has 64 valence electrons. The Balaban J connectivity index is -0.0000000262. The molecule has 0 heterocycles. The van der Waals surface area contributed by atoms with E-state index in [9.17, 15) is 0 Å². The van der Waals surface area contributed by atoms with Crippen LogP contribution in [0, 0.1) is 10.1 Å². The summed E-state index contributed by atoms with van der Waals surface area (Å²) in [4.78, 5) is 8.36. The van der Waals surface area contributed by atoms with Gasteiger partial charge in [-0.1, -0.05) is 0 Å². The summed E-state index contributed by atoms with van der Waals surface area (Å²) < 4.78 is 0. The van der Waals surface area contributed by atoms with Gasteiger partial charge in [-0.2, -0.15) is 0 Å². The largest absolute Gasteiger partial charge is 0.328 e. The lowest BCUT2D eigenvalue weighted by Gasteiger charge is -1.56. The standard InChI is InChI=1S/C2H4.2H4N2.HNO3/c3*1-2;2-1(3)4/h3*1-2H2;(H,2,3,4). The van der Waals surface area contributed by atoms with Crippen LogP contribution < -0.4 is 23.4 Å². The molecule has 0 radical (unpaired) electrons. The fourth-order valence-electron chi connectivity index (χ4n) is 0. The van der Waals surface area contributed by atoms with Crippen molar-refractivity contribution in [1.82, 2.24) is 0 Å². The molecule has 8 nitrogen and oxygen atoms in total. The monoisotopic (exact) mass is 155 g/mol. The predicted octanol–water partition coefficient (Wildman–Crippen LogP) is -1.91. The summed E-state index contributed by atoms with van der Waals surface area (Å²) in [5.41, 5.74) is 0. The highest BCUT2D eigenvalue weighted by molar-refractivity contribution is 4.22. The maximum atomic E-state index is 8.36. The van der Waals surface area contributed by atoms with E-state index in [1.165, 1.54) is 0 Å². The zero-order valence-electron chi connectivity index (χ0n) is 5.43. The van der Waals surface area contributed by atoms with Crippen LogP contribution in [0.4, 0.5) is 0 Å². The van der Waals surface area contributed by atoms with Crippen LogP contribution in [0.5, 0.6) is 0 Å². The second kappa shape index (κ2) is 113. The fraction of sp³-hybridized carbons (Fsp3) is 0. The van der Waals surface area contributed by atoms with Gasteiger partial charge in [0.2, 0.25) is 0 Å². The van der Waals surface area contributed by atoms with Gasteiger partial charge in [0.1, 0.15) is 0 Å². The van der Waals surface area contributed by atoms with Gasteiger partial charge in [-0.3, -0.25) is 23.4 Å². The van der Waals surface area contributed by atoms with E-state index < -0.39 is 5.09 Å². The molecular formula is C2H13N5O3. The minimum Gasteiger partial charge on any atom is -0.328 e. The fourth-order valence-corrected chi connectivity index (χ4v) is 0. The Kier molecular flexibility index (Phi) is 263. The third kappa shape index (κ3) is 152. The van der Waals surface area contributed by atoms with E-state index in [4.69, 9.17) is 15.3 Å². The summed E-state index contributed by atoms with van der Waals surface area (Å²) in [6.07, 6.45) is 0. The molecule has 0 rings (SSSR count). The van der Waals surface area contributed by atoms with Crippen LogP contribution in [0.1, 0.15) is 0 Å². The molecule has 0 aliphatic heterocycles. The lowest BCUT2D eigenvalue weighted by molar-refractivity contribution is -0.742. The first kappa shape index (κ1) is 23.3. The van der Waals surface area contributed by atoms with Gasteiger partial charge in [0.15, 0.2) is 0 Å². The highest BCUT2D eigenvalue weighted by atomic mass is 16.9. The molecule has 8 heteroatoms. The van der Waals surface area contributed by atoms with Crippen molar-refractivity contribution < 1.29 is 10.3 Å². The Labute approximate surface area is 58.1 Å². The summed E-state index contributed by atoms with van der Waals surface area (Å²) in [5, 5.41) is 13.6. The van der Waals surface area contributed by atoms with Crippen molar-refractivity contribution in [2.45, 2.75) is 0 Å². The molecule has 0 aromatic heterocycles. The molecule has 0 bridgehead atoms. The second-order valence-electron chi connectivity index (χ2n) is 0.238. The average Bonchev–Trinajstić information content (AvgIpc) is 1.98. The Hall–Kier alpha value is -1.22. The van der Waals surface area contributed by atoms with E-state index in [1.807, 2.05) is 0 Å². The summed E-state index contributed by atoms with van der Waals surface area (Å²) in [6.45, 7) is 6.00. The Morgan fingerprint density at radius 1 is 1.20 bits per heavy atom. The normalized spacial score (nSPS) is 4.00. The minimum absolute atomic E-state index is 1.50. The molecular weight excluding hydrogens is 142 g/mol. The van der Waals surface area contributed by atoms with Gasteiger partial charge in [0, 0.05) is 0 Å². The second-order valence-corrected chi connectivity index (χ2v) is 0.238. The van der Waals surface area contributed by atoms with Crippen LogP contribution in [0.15, 0.2) is 13.2 Å². The third-order valence-electron chi connectivity index (χ3n) is 0. The molecule has 0 aliphatic carbocycles. The van der Waals surface area contributed by atoms with Crippen molar-refractivity contribution in [1.29, 1.82) is 0 Å². The highest BCUT2D eigenvalue weighted by Crippen LogP contribution is 1.38. The molecule has 0 saturated heterocycles. The predicted molar refractivity (Wildman–Crippen MR) is 36.8 cm³/mol. The summed E-state index contributed by atoms with van der Waals surface area (Å²) in [6, 6.07) is 0. The molecule has 0 aromatic rings. The smallest absolute Gasteiger partial charge is 0.291 e. The topological polar surface area (TPSA) is 167 Å². The van der Waals surface area contributed by atoms with Crippen molar-refractivity contribution in [3.05, 3.63) is 23.3 Å². The lowest BCUT2D eigenvalue weighted by atomic mass is 11.3. The van der Waals surface area contributed by atoms with Crippen molar-refractivity contribution >= 4 is 0 Å². The number of nitrogens with two attached hydrogens (primary N) is 4. The molecule has 0 aliphatic rings. The molecule has 9 N–H and O–H groups in total. The van der Waals surface area contributed by atoms with E-state index in [-0.39, 0.29) is 0 Å². The number of hydrogen-bond donors (Lipinski definition) is 5. The zero-order valence-corrected chi connectivity index (χ0v) is 5.43. The summed E-state index contributed by atoms with van der Waals surface area (Å²) in [5.74, 6) is 16.0. The Bertz CT molecular complexity index is 46.2.